The van der Waals surface area contributed by atoms with Crippen LogP contribution in [-0.2, 0) is 19.1 Å². The fourth-order valence-corrected chi connectivity index (χ4v) is 10.00. The standard InChI is InChI=1S/C15H19I2N2O4/c1-13(16,15-11(18-15)17-19-15)12(21)23-9-3-8-2-7(9)4-14(8)5-10(20)22-6-14/h7-9,11,18-19H,2-6H2,1H3/q-1. The van der Waals surface area contributed by atoms with Crippen molar-refractivity contribution in [3.63, 3.8) is 0 Å². The summed E-state index contributed by atoms with van der Waals surface area (Å²) >= 11 is 2.25. The molecule has 2 N–H and O–H groups in total. The Bertz CT molecular complexity index is 610. The molecule has 3 saturated heterocycles. The van der Waals surface area contributed by atoms with E-state index in [2.05, 4.69) is 31.4 Å². The number of carbonyl (C=O) groups is 2. The van der Waals surface area contributed by atoms with Gasteiger partial charge in [0, 0.05) is 0 Å². The van der Waals surface area contributed by atoms with Crippen molar-refractivity contribution in [3.05, 3.63) is 0 Å². The first kappa shape index (κ1) is 15.6. The van der Waals surface area contributed by atoms with Gasteiger partial charge in [0.1, 0.15) is 0 Å². The van der Waals surface area contributed by atoms with Crippen LogP contribution in [0, 0.1) is 17.3 Å². The molecule has 2 aliphatic carbocycles. The van der Waals surface area contributed by atoms with Crippen molar-refractivity contribution >= 4 is 34.5 Å². The van der Waals surface area contributed by atoms with E-state index in [0.717, 1.165) is 19.3 Å². The quantitative estimate of drug-likeness (QED) is 0.104. The van der Waals surface area contributed by atoms with Gasteiger partial charge < -0.3 is 0 Å². The molecule has 0 aromatic rings. The van der Waals surface area contributed by atoms with E-state index in [1.54, 1.807) is 0 Å². The average molecular weight is 545 g/mol. The molecule has 3 aliphatic heterocycles. The molecule has 0 aromatic heterocycles. The summed E-state index contributed by atoms with van der Waals surface area (Å²) in [6.45, 7) is 2.54. The van der Waals surface area contributed by atoms with E-state index in [4.69, 9.17) is 9.47 Å². The normalized spacial score (nSPS) is 52.2. The minimum atomic E-state index is -0.556. The van der Waals surface area contributed by atoms with Crippen LogP contribution in [0.15, 0.2) is 0 Å². The zero-order valence-corrected chi connectivity index (χ0v) is 17.0. The Morgan fingerprint density at radius 2 is 2.35 bits per heavy atom. The van der Waals surface area contributed by atoms with E-state index in [9.17, 15) is 9.59 Å². The number of hydrogen-bond acceptors (Lipinski definition) is 6. The molecule has 2 bridgehead atoms. The van der Waals surface area contributed by atoms with Crippen LogP contribution < -0.4 is 30.3 Å². The Morgan fingerprint density at radius 1 is 1.52 bits per heavy atom. The summed E-state index contributed by atoms with van der Waals surface area (Å²) in [6, 6.07) is 0. The van der Waals surface area contributed by atoms with Gasteiger partial charge in [0.2, 0.25) is 0 Å². The number of esters is 2. The van der Waals surface area contributed by atoms with Gasteiger partial charge in [-0.2, -0.15) is 0 Å². The first-order valence-electron chi connectivity index (χ1n) is 8.09. The molecule has 5 fully saturated rings. The maximum absolute atomic E-state index is 12.8. The summed E-state index contributed by atoms with van der Waals surface area (Å²) in [5, 5.41) is 3.42. The predicted molar refractivity (Wildman–Crippen MR) is 83.9 cm³/mol. The van der Waals surface area contributed by atoms with Gasteiger partial charge in [0.25, 0.3) is 0 Å². The summed E-state index contributed by atoms with van der Waals surface area (Å²) in [5.41, 5.74) is -0.164. The summed E-state index contributed by atoms with van der Waals surface area (Å²) in [4.78, 5) is 24.3. The van der Waals surface area contributed by atoms with E-state index in [1.165, 1.54) is 0 Å². The van der Waals surface area contributed by atoms with E-state index in [-0.39, 0.29) is 50.6 Å². The first-order valence-corrected chi connectivity index (χ1v) is 11.5. The minimum absolute atomic E-state index is 0.00520. The molecule has 2 saturated carbocycles. The van der Waals surface area contributed by atoms with Crippen molar-refractivity contribution < 1.29 is 40.5 Å². The molecule has 5 rings (SSSR count). The van der Waals surface area contributed by atoms with Crippen molar-refractivity contribution in [1.29, 1.82) is 0 Å². The number of hydrogen-bond donors (Lipinski definition) is 2. The third kappa shape index (κ3) is 1.97. The van der Waals surface area contributed by atoms with Gasteiger partial charge in [0.05, 0.1) is 0 Å². The molecule has 0 radical (unpaired) electrons. The van der Waals surface area contributed by atoms with Crippen LogP contribution in [-0.4, -0.2) is 37.8 Å². The van der Waals surface area contributed by atoms with Crippen LogP contribution in [0.5, 0.6) is 0 Å². The summed E-state index contributed by atoms with van der Waals surface area (Å²) < 4.78 is 14.6. The summed E-state index contributed by atoms with van der Waals surface area (Å²) in [7, 11) is 0. The van der Waals surface area contributed by atoms with Gasteiger partial charge in [-0.1, -0.05) is 0 Å². The van der Waals surface area contributed by atoms with Gasteiger partial charge in [-0.15, -0.1) is 0 Å². The average Bonchev–Trinajstić information content (AvgIpc) is 2.88. The van der Waals surface area contributed by atoms with Crippen molar-refractivity contribution in [2.45, 2.75) is 51.8 Å². The van der Waals surface area contributed by atoms with Gasteiger partial charge >= 0.3 is 160 Å². The second-order valence-electron chi connectivity index (χ2n) is 7.80. The van der Waals surface area contributed by atoms with Gasteiger partial charge in [-0.05, 0) is 0 Å². The number of rotatable bonds is 3. The SMILES string of the molecule is CC(I)(C(=O)OC1CC2CC1CC21COC(=O)C1)C12N[I-]C1N2. The third-order valence-corrected chi connectivity index (χ3v) is 10.8. The van der Waals surface area contributed by atoms with Gasteiger partial charge in [-0.25, -0.2) is 0 Å². The van der Waals surface area contributed by atoms with Crippen LogP contribution in [0.1, 0.15) is 32.6 Å². The van der Waals surface area contributed by atoms with Crippen molar-refractivity contribution in [2.24, 2.45) is 17.3 Å². The van der Waals surface area contributed by atoms with Crippen molar-refractivity contribution in [1.82, 2.24) is 8.85 Å². The summed E-state index contributed by atoms with van der Waals surface area (Å²) in [6.07, 6.45) is 3.51. The molecular formula is C15H19I2N2O4-. The fraction of sp³-hybridized carbons (Fsp3) is 0.867. The van der Waals surface area contributed by atoms with Crippen molar-refractivity contribution in [2.75, 3.05) is 6.61 Å². The van der Waals surface area contributed by atoms with Crippen LogP contribution in [0.25, 0.3) is 0 Å². The number of carbonyl (C=O) groups excluding carboxylic acids is 2. The van der Waals surface area contributed by atoms with Gasteiger partial charge in [0.15, 0.2) is 0 Å². The Labute approximate surface area is 158 Å². The number of alkyl halides is 2. The van der Waals surface area contributed by atoms with E-state index in [0.29, 0.717) is 28.9 Å². The molecule has 23 heavy (non-hydrogen) atoms. The van der Waals surface area contributed by atoms with E-state index in [1.807, 2.05) is 6.92 Å². The second kappa shape index (κ2) is 4.73. The Morgan fingerprint density at radius 3 is 2.83 bits per heavy atom. The molecule has 0 aromatic carbocycles. The number of fused-ring (bicyclic) bond motifs is 4. The fourth-order valence-electron chi connectivity index (χ4n) is 4.94. The molecule has 7 atom stereocenters. The molecule has 0 amide bonds. The topological polar surface area (TPSA) is 86.6 Å². The molecule has 8 heteroatoms. The van der Waals surface area contributed by atoms with Crippen LogP contribution >= 0.6 is 22.6 Å². The number of cyclic esters (lactones) is 1. The van der Waals surface area contributed by atoms with Crippen molar-refractivity contribution in [3.8, 4) is 0 Å². The molecule has 3 heterocycles. The third-order valence-electron chi connectivity index (χ3n) is 6.53. The monoisotopic (exact) mass is 545 g/mol. The number of ether oxygens (including phenoxy) is 2. The molecule has 128 valence electrons. The van der Waals surface area contributed by atoms with Crippen LogP contribution in [0.3, 0.4) is 0 Å². The van der Waals surface area contributed by atoms with Crippen LogP contribution in [0.4, 0.5) is 0 Å². The molecular weight excluding hydrogens is 526 g/mol. The van der Waals surface area contributed by atoms with Crippen LogP contribution in [0.2, 0.25) is 0 Å². The molecule has 5 aliphatic rings. The Kier molecular flexibility index (Phi) is 3.20. The van der Waals surface area contributed by atoms with E-state index < -0.39 is 3.42 Å². The number of halogens is 2. The van der Waals surface area contributed by atoms with E-state index >= 15 is 0 Å². The molecule has 6 nitrogen and oxygen atoms in total. The molecule has 1 spiro atoms. The maximum atomic E-state index is 12.8. The number of nitrogens with one attached hydrogen (secondary N) is 2. The second-order valence-corrected chi connectivity index (χ2v) is 12.4. The Hall–Kier alpha value is 0.320. The van der Waals surface area contributed by atoms with Gasteiger partial charge in [-0.3, -0.25) is 0 Å². The zero-order chi connectivity index (χ0) is 16.0. The molecule has 7 unspecified atom stereocenters. The summed E-state index contributed by atoms with van der Waals surface area (Å²) in [5.74, 6) is 0.702. The zero-order valence-electron chi connectivity index (χ0n) is 12.7. The predicted octanol–water partition coefficient (Wildman–Crippen LogP) is -2.31. The first-order chi connectivity index (χ1) is 10.9. The Balaban J connectivity index is 1.26.